The molecule has 0 unspecified atom stereocenters. The highest BCUT2D eigenvalue weighted by Crippen LogP contribution is 2.29. The van der Waals surface area contributed by atoms with Crippen molar-refractivity contribution in [2.75, 3.05) is 13.1 Å². The number of hydrogen-bond donors (Lipinski definition) is 1. The molecular weight excluding hydrogens is 472 g/mol. The Morgan fingerprint density at radius 1 is 1.27 bits per heavy atom. The maximum absolute atomic E-state index is 13.5. The number of amides is 2. The first-order valence-electron chi connectivity index (χ1n) is 12.2. The van der Waals surface area contributed by atoms with Gasteiger partial charge < -0.3 is 9.64 Å². The van der Waals surface area contributed by atoms with Gasteiger partial charge in [0.15, 0.2) is 5.69 Å². The topological polar surface area (TPSA) is 122 Å². The van der Waals surface area contributed by atoms with E-state index < -0.39 is 5.60 Å². The molecule has 1 aliphatic rings. The first-order chi connectivity index (χ1) is 17.9. The quantitative estimate of drug-likeness (QED) is 0.333. The molecule has 0 radical (unpaired) electrons. The average Bonchev–Trinajstić information content (AvgIpc) is 3.35. The van der Waals surface area contributed by atoms with Crippen LogP contribution in [0.4, 0.5) is 0 Å². The number of nitrogens with one attached hydrogen (secondary N) is 1. The van der Waals surface area contributed by atoms with E-state index in [4.69, 9.17) is 14.8 Å². The molecule has 37 heavy (non-hydrogen) atoms. The molecule has 0 bridgehead atoms. The van der Waals surface area contributed by atoms with E-state index in [2.05, 4.69) is 21.6 Å². The zero-order valence-corrected chi connectivity index (χ0v) is 21.0. The van der Waals surface area contributed by atoms with Crippen molar-refractivity contribution in [1.29, 1.82) is 5.26 Å². The number of rotatable bonds is 10. The van der Waals surface area contributed by atoms with Crippen molar-refractivity contribution in [2.45, 2.75) is 45.3 Å². The van der Waals surface area contributed by atoms with Crippen LogP contribution < -0.4 is 10.2 Å². The maximum Gasteiger partial charge on any atom is 0.274 e. The van der Waals surface area contributed by atoms with Crippen molar-refractivity contribution < 1.29 is 19.2 Å². The van der Waals surface area contributed by atoms with E-state index in [1.807, 2.05) is 36.9 Å². The van der Waals surface area contributed by atoms with Gasteiger partial charge in [-0.1, -0.05) is 6.07 Å². The Hall–Kier alpha value is -4.23. The first-order valence-corrected chi connectivity index (χ1v) is 12.2. The maximum atomic E-state index is 13.5. The number of piperidine rings is 1. The molecule has 192 valence electrons. The van der Waals surface area contributed by atoms with E-state index in [1.54, 1.807) is 41.2 Å². The van der Waals surface area contributed by atoms with Gasteiger partial charge in [-0.05, 0) is 75.4 Å². The number of nitriles is 1. The van der Waals surface area contributed by atoms with Crippen LogP contribution in [0.15, 0.2) is 54.7 Å². The van der Waals surface area contributed by atoms with E-state index in [0.29, 0.717) is 43.1 Å². The molecule has 4 rings (SSSR count). The molecule has 1 aromatic carbocycles. The summed E-state index contributed by atoms with van der Waals surface area (Å²) in [6, 6.07) is 16.2. The lowest BCUT2D eigenvalue weighted by Crippen LogP contribution is -2.43. The van der Waals surface area contributed by atoms with Gasteiger partial charge in [-0.15, -0.1) is 0 Å². The van der Waals surface area contributed by atoms with Crippen molar-refractivity contribution >= 4 is 12.3 Å². The molecule has 0 saturated carbocycles. The molecule has 3 aromatic rings. The van der Waals surface area contributed by atoms with Crippen LogP contribution in [0.5, 0.6) is 5.88 Å². The Balaban J connectivity index is 1.54. The average molecular weight is 503 g/mol. The fraction of sp³-hybridized carbons (Fsp3) is 0.370. The van der Waals surface area contributed by atoms with Crippen LogP contribution in [0.25, 0.3) is 5.69 Å². The molecule has 3 heterocycles. The Morgan fingerprint density at radius 2 is 2.08 bits per heavy atom. The van der Waals surface area contributed by atoms with Crippen LogP contribution in [-0.2, 0) is 16.2 Å². The molecule has 1 atom stereocenters. The number of nitrogens with zero attached hydrogens (tertiary/aromatic N) is 5. The summed E-state index contributed by atoms with van der Waals surface area (Å²) in [5, 5.41) is 13.7. The van der Waals surface area contributed by atoms with Gasteiger partial charge in [-0.2, -0.15) is 10.4 Å². The van der Waals surface area contributed by atoms with Crippen molar-refractivity contribution in [3.63, 3.8) is 0 Å². The summed E-state index contributed by atoms with van der Waals surface area (Å²) in [5.74, 6) is 0.452. The number of carbonyl (C=O) groups excluding carboxylic acids is 2. The van der Waals surface area contributed by atoms with Gasteiger partial charge in [0.05, 0.1) is 28.6 Å². The van der Waals surface area contributed by atoms with Crippen molar-refractivity contribution in [1.82, 2.24) is 25.1 Å². The molecule has 1 aliphatic heterocycles. The number of carbonyl (C=O) groups is 2. The second-order valence-electron chi connectivity index (χ2n) is 9.61. The lowest BCUT2D eigenvalue weighted by molar-refractivity contribution is -0.138. The summed E-state index contributed by atoms with van der Waals surface area (Å²) in [6.45, 7) is 5.24. The molecule has 10 nitrogen and oxygen atoms in total. The fourth-order valence-electron chi connectivity index (χ4n) is 4.56. The van der Waals surface area contributed by atoms with Gasteiger partial charge >= 0.3 is 0 Å². The van der Waals surface area contributed by atoms with Crippen LogP contribution in [0.2, 0.25) is 0 Å². The van der Waals surface area contributed by atoms with Gasteiger partial charge in [-0.3, -0.25) is 19.4 Å². The number of hydroxylamine groups is 1. The molecule has 1 N–H and O–H groups in total. The van der Waals surface area contributed by atoms with Crippen molar-refractivity contribution in [3.8, 4) is 17.6 Å². The third-order valence-electron chi connectivity index (χ3n) is 6.20. The number of benzene rings is 1. The molecule has 2 amide bonds. The Kier molecular flexibility index (Phi) is 8.15. The number of aromatic nitrogens is 3. The van der Waals surface area contributed by atoms with E-state index in [-0.39, 0.29) is 24.1 Å². The predicted octanol–water partition coefficient (Wildman–Crippen LogP) is 3.42. The van der Waals surface area contributed by atoms with E-state index >= 15 is 0 Å². The third kappa shape index (κ3) is 6.71. The minimum atomic E-state index is -0.554. The molecule has 0 aliphatic carbocycles. The van der Waals surface area contributed by atoms with Crippen LogP contribution in [-0.4, -0.2) is 50.7 Å². The minimum Gasteiger partial charge on any atom is -0.471 e. The normalized spacial score (nSPS) is 15.6. The van der Waals surface area contributed by atoms with Gasteiger partial charge in [0.1, 0.15) is 6.61 Å². The number of ether oxygens (including phenoxy) is 1. The SMILES string of the molecule is CC(C)(C[C@H]1CCCN(C(=O)c2cc(OCc3ccccn3)n(-c3ccc(C#N)cc3)n2)C1)ONC=O. The molecular formula is C27H30N6O4. The van der Waals surface area contributed by atoms with Crippen molar-refractivity contribution in [3.05, 3.63) is 71.7 Å². The van der Waals surface area contributed by atoms with Crippen LogP contribution in [0.3, 0.4) is 0 Å². The zero-order chi connectivity index (χ0) is 26.3. The first kappa shape index (κ1) is 25.9. The Bertz CT molecular complexity index is 1250. The zero-order valence-electron chi connectivity index (χ0n) is 21.0. The highest BCUT2D eigenvalue weighted by Gasteiger charge is 2.31. The van der Waals surface area contributed by atoms with Crippen molar-refractivity contribution in [2.24, 2.45) is 5.92 Å². The summed E-state index contributed by atoms with van der Waals surface area (Å²) < 4.78 is 7.60. The summed E-state index contributed by atoms with van der Waals surface area (Å²) in [5.41, 5.74) is 3.95. The van der Waals surface area contributed by atoms with Gasteiger partial charge in [0.25, 0.3) is 5.91 Å². The molecule has 1 saturated heterocycles. The largest absolute Gasteiger partial charge is 0.471 e. The number of likely N-dealkylation sites (tertiary alicyclic amines) is 1. The minimum absolute atomic E-state index is 0.176. The van der Waals surface area contributed by atoms with Gasteiger partial charge in [0.2, 0.25) is 12.3 Å². The number of pyridine rings is 1. The molecule has 0 spiro atoms. The number of hydrogen-bond acceptors (Lipinski definition) is 7. The third-order valence-corrected chi connectivity index (χ3v) is 6.20. The second-order valence-corrected chi connectivity index (χ2v) is 9.61. The lowest BCUT2D eigenvalue weighted by Gasteiger charge is -2.36. The predicted molar refractivity (Wildman–Crippen MR) is 134 cm³/mol. The van der Waals surface area contributed by atoms with E-state index in [0.717, 1.165) is 18.5 Å². The van der Waals surface area contributed by atoms with Crippen LogP contribution in [0, 0.1) is 17.2 Å². The summed E-state index contributed by atoms with van der Waals surface area (Å²) in [6.07, 6.45) is 4.73. The Morgan fingerprint density at radius 3 is 2.78 bits per heavy atom. The fourth-order valence-corrected chi connectivity index (χ4v) is 4.56. The molecule has 10 heteroatoms. The summed E-state index contributed by atoms with van der Waals surface area (Å²) in [7, 11) is 0. The van der Waals surface area contributed by atoms with Crippen LogP contribution in [0.1, 0.15) is 54.9 Å². The van der Waals surface area contributed by atoms with Crippen LogP contribution >= 0.6 is 0 Å². The highest BCUT2D eigenvalue weighted by atomic mass is 16.7. The summed E-state index contributed by atoms with van der Waals surface area (Å²) in [4.78, 5) is 35.6. The lowest BCUT2D eigenvalue weighted by atomic mass is 9.87. The highest BCUT2D eigenvalue weighted by molar-refractivity contribution is 5.92. The van der Waals surface area contributed by atoms with Gasteiger partial charge in [-0.25, -0.2) is 10.2 Å². The second kappa shape index (κ2) is 11.7. The monoisotopic (exact) mass is 502 g/mol. The van der Waals surface area contributed by atoms with E-state index in [1.165, 1.54) is 0 Å². The smallest absolute Gasteiger partial charge is 0.274 e. The standard InChI is InChI=1S/C27H30N6O4/c1-27(2,37-30-19-34)15-21-6-5-13-32(17-21)26(35)24-14-25(36-18-22-7-3-4-12-29-22)33(31-24)23-10-8-20(16-28)9-11-23/h3-4,7-12,14,19,21H,5-6,13,15,17-18H2,1-2H3,(H,30,34)/t21-/m1/s1. The van der Waals surface area contributed by atoms with Gasteiger partial charge in [0, 0.05) is 25.4 Å². The van der Waals surface area contributed by atoms with E-state index in [9.17, 15) is 9.59 Å². The summed E-state index contributed by atoms with van der Waals surface area (Å²) >= 11 is 0. The Labute approximate surface area is 215 Å². The molecule has 1 fully saturated rings. The molecule has 2 aromatic heterocycles.